The number of carbonyl (C=O) groups is 1. The molecule has 2 aliphatic carbocycles. The fraction of sp³-hybridized carbons (Fsp3) is 0.611. The van der Waals surface area contributed by atoms with E-state index in [1.165, 1.54) is 28.5 Å². The quantitative estimate of drug-likeness (QED) is 0.590. The molecule has 1 fully saturated rings. The molecule has 146 valence electrons. The van der Waals surface area contributed by atoms with Gasteiger partial charge in [0, 0.05) is 16.3 Å². The lowest BCUT2D eigenvalue weighted by atomic mass is 9.85. The zero-order valence-corrected chi connectivity index (χ0v) is 16.3. The molecule has 0 bridgehead atoms. The molecule has 2 aliphatic rings. The molecular formula is C18H20F3N3OS2. The summed E-state index contributed by atoms with van der Waals surface area (Å²) in [6.45, 7) is 0. The summed E-state index contributed by atoms with van der Waals surface area (Å²) in [6, 6.07) is -0.160. The number of fused-ring (bicyclic) bond motifs is 3. The number of hydrogen-bond acceptors (Lipinski definition) is 5. The van der Waals surface area contributed by atoms with Gasteiger partial charge in [-0.05, 0) is 50.5 Å². The monoisotopic (exact) mass is 415 g/mol. The first-order chi connectivity index (χ1) is 12.9. The molecule has 0 aromatic carbocycles. The molecule has 4 rings (SSSR count). The Morgan fingerprint density at radius 1 is 1.22 bits per heavy atom. The van der Waals surface area contributed by atoms with Crippen LogP contribution in [0.2, 0.25) is 0 Å². The van der Waals surface area contributed by atoms with Gasteiger partial charge in [-0.25, -0.2) is 9.97 Å². The average molecular weight is 416 g/mol. The summed E-state index contributed by atoms with van der Waals surface area (Å²) in [7, 11) is 0. The average Bonchev–Trinajstić information content (AvgIpc) is 3.20. The standard InChI is InChI=1S/C18H20F3N3OS2/c19-18(20,21)10-4-6-11(7-5-10)24-14(25)8-26-16-15-12-2-1-3-13(12)27-17(15)23-9-22-16/h9-11H,1-8H2,(H,24,25). The highest BCUT2D eigenvalue weighted by molar-refractivity contribution is 8.00. The first-order valence-corrected chi connectivity index (χ1v) is 11.0. The first kappa shape index (κ1) is 19.0. The Morgan fingerprint density at radius 3 is 2.74 bits per heavy atom. The second-order valence-corrected chi connectivity index (χ2v) is 9.21. The Labute approximate surface area is 163 Å². The minimum absolute atomic E-state index is 0.0924. The van der Waals surface area contributed by atoms with Crippen LogP contribution in [0.5, 0.6) is 0 Å². The minimum atomic E-state index is -4.12. The largest absolute Gasteiger partial charge is 0.391 e. The van der Waals surface area contributed by atoms with Gasteiger partial charge in [-0.1, -0.05) is 11.8 Å². The maximum Gasteiger partial charge on any atom is 0.391 e. The van der Waals surface area contributed by atoms with Crippen LogP contribution in [0.1, 0.15) is 42.5 Å². The molecule has 1 amide bonds. The van der Waals surface area contributed by atoms with Gasteiger partial charge in [-0.3, -0.25) is 4.79 Å². The second-order valence-electron chi connectivity index (χ2n) is 7.16. The van der Waals surface area contributed by atoms with Gasteiger partial charge in [0.2, 0.25) is 5.91 Å². The molecule has 27 heavy (non-hydrogen) atoms. The van der Waals surface area contributed by atoms with Crippen molar-refractivity contribution in [3.05, 3.63) is 16.8 Å². The van der Waals surface area contributed by atoms with Crippen molar-refractivity contribution in [2.75, 3.05) is 5.75 Å². The topological polar surface area (TPSA) is 54.9 Å². The van der Waals surface area contributed by atoms with Crippen molar-refractivity contribution in [3.63, 3.8) is 0 Å². The third-order valence-electron chi connectivity index (χ3n) is 5.36. The zero-order chi connectivity index (χ0) is 19.0. The highest BCUT2D eigenvalue weighted by Gasteiger charge is 2.41. The van der Waals surface area contributed by atoms with Crippen molar-refractivity contribution >= 4 is 39.2 Å². The molecule has 2 aromatic heterocycles. The highest BCUT2D eigenvalue weighted by atomic mass is 32.2. The molecule has 0 aliphatic heterocycles. The number of aromatic nitrogens is 2. The van der Waals surface area contributed by atoms with Gasteiger partial charge in [0.05, 0.1) is 11.7 Å². The molecular weight excluding hydrogens is 395 g/mol. The van der Waals surface area contributed by atoms with Crippen molar-refractivity contribution in [1.29, 1.82) is 0 Å². The van der Waals surface area contributed by atoms with Gasteiger partial charge in [0.1, 0.15) is 16.2 Å². The first-order valence-electron chi connectivity index (χ1n) is 9.16. The predicted molar refractivity (Wildman–Crippen MR) is 100 cm³/mol. The van der Waals surface area contributed by atoms with E-state index in [2.05, 4.69) is 15.3 Å². The van der Waals surface area contributed by atoms with E-state index in [0.29, 0.717) is 12.8 Å². The van der Waals surface area contributed by atoms with Crippen LogP contribution in [-0.2, 0) is 17.6 Å². The SMILES string of the molecule is O=C(CSc1ncnc2sc3c(c12)CCC3)NC1CCC(C(F)(F)F)CC1. The van der Waals surface area contributed by atoms with Gasteiger partial charge in [-0.15, -0.1) is 11.3 Å². The van der Waals surface area contributed by atoms with Gasteiger partial charge in [0.15, 0.2) is 0 Å². The number of alkyl halides is 3. The van der Waals surface area contributed by atoms with Crippen LogP contribution in [0, 0.1) is 5.92 Å². The summed E-state index contributed by atoms with van der Waals surface area (Å²) in [4.78, 5) is 23.3. The fourth-order valence-corrected chi connectivity index (χ4v) is 6.11. The third-order valence-corrected chi connectivity index (χ3v) is 7.55. The van der Waals surface area contributed by atoms with E-state index in [4.69, 9.17) is 0 Å². The number of thiophene rings is 1. The van der Waals surface area contributed by atoms with Gasteiger partial charge in [-0.2, -0.15) is 13.2 Å². The summed E-state index contributed by atoms with van der Waals surface area (Å²) >= 11 is 3.09. The van der Waals surface area contributed by atoms with Crippen LogP contribution in [0.3, 0.4) is 0 Å². The Hall–Kier alpha value is -1.35. The van der Waals surface area contributed by atoms with Crippen LogP contribution < -0.4 is 5.32 Å². The molecule has 0 unspecified atom stereocenters. The molecule has 2 heterocycles. The second kappa shape index (κ2) is 7.58. The normalized spacial score (nSPS) is 22.8. The molecule has 0 spiro atoms. The van der Waals surface area contributed by atoms with Gasteiger partial charge in [0.25, 0.3) is 0 Å². The van der Waals surface area contributed by atoms with Crippen molar-refractivity contribution in [1.82, 2.24) is 15.3 Å². The predicted octanol–water partition coefficient (Wildman–Crippen LogP) is 4.51. The number of nitrogens with zero attached hydrogens (tertiary/aromatic N) is 2. The smallest absolute Gasteiger partial charge is 0.353 e. The number of halogens is 3. The van der Waals surface area contributed by atoms with E-state index >= 15 is 0 Å². The van der Waals surface area contributed by atoms with Crippen molar-refractivity contribution in [2.45, 2.75) is 62.2 Å². The molecule has 0 saturated heterocycles. The Morgan fingerprint density at radius 2 is 2.00 bits per heavy atom. The number of nitrogens with one attached hydrogen (secondary N) is 1. The van der Waals surface area contributed by atoms with E-state index in [9.17, 15) is 18.0 Å². The Kier molecular flexibility index (Phi) is 5.33. The van der Waals surface area contributed by atoms with Gasteiger partial charge < -0.3 is 5.32 Å². The number of amides is 1. The summed E-state index contributed by atoms with van der Waals surface area (Å²) in [5.41, 5.74) is 1.32. The van der Waals surface area contributed by atoms with Crippen LogP contribution in [0.25, 0.3) is 10.2 Å². The molecule has 1 saturated carbocycles. The lowest BCUT2D eigenvalue weighted by Crippen LogP contribution is -2.40. The third kappa shape index (κ3) is 4.08. The van der Waals surface area contributed by atoms with E-state index in [1.807, 2.05) is 0 Å². The highest BCUT2D eigenvalue weighted by Crippen LogP contribution is 2.40. The summed E-state index contributed by atoms with van der Waals surface area (Å²) in [5, 5.41) is 4.80. The van der Waals surface area contributed by atoms with Crippen molar-refractivity contribution in [3.8, 4) is 0 Å². The molecule has 2 aromatic rings. The number of hydrogen-bond donors (Lipinski definition) is 1. The van der Waals surface area contributed by atoms with Crippen LogP contribution in [-0.4, -0.2) is 33.8 Å². The molecule has 1 N–H and O–H groups in total. The maximum absolute atomic E-state index is 12.7. The summed E-state index contributed by atoms with van der Waals surface area (Å²) in [5.74, 6) is -1.15. The number of carbonyl (C=O) groups excluding carboxylic acids is 1. The number of thioether (sulfide) groups is 1. The van der Waals surface area contributed by atoms with Crippen LogP contribution in [0.15, 0.2) is 11.4 Å². The molecule has 4 nitrogen and oxygen atoms in total. The lowest BCUT2D eigenvalue weighted by Gasteiger charge is -2.30. The van der Waals surface area contributed by atoms with Gasteiger partial charge >= 0.3 is 6.18 Å². The van der Waals surface area contributed by atoms with Crippen LogP contribution >= 0.6 is 23.1 Å². The maximum atomic E-state index is 12.7. The Bertz CT molecular complexity index is 844. The lowest BCUT2D eigenvalue weighted by molar-refractivity contribution is -0.182. The summed E-state index contributed by atoms with van der Waals surface area (Å²) in [6.07, 6.45) is 1.64. The number of rotatable bonds is 4. The van der Waals surface area contributed by atoms with Crippen molar-refractivity contribution < 1.29 is 18.0 Å². The minimum Gasteiger partial charge on any atom is -0.353 e. The molecule has 0 radical (unpaired) electrons. The van der Waals surface area contributed by atoms with E-state index < -0.39 is 12.1 Å². The molecule has 0 atom stereocenters. The van der Waals surface area contributed by atoms with Crippen LogP contribution in [0.4, 0.5) is 13.2 Å². The fourth-order valence-electron chi connectivity index (χ4n) is 3.98. The van der Waals surface area contributed by atoms with E-state index in [1.54, 1.807) is 11.3 Å². The molecule has 9 heteroatoms. The zero-order valence-electron chi connectivity index (χ0n) is 14.6. The van der Waals surface area contributed by atoms with E-state index in [0.717, 1.165) is 34.5 Å². The summed E-state index contributed by atoms with van der Waals surface area (Å²) < 4.78 is 38.2. The van der Waals surface area contributed by atoms with E-state index in [-0.39, 0.29) is 30.5 Å². The number of aryl methyl sites for hydroxylation is 2. The Balaban J connectivity index is 1.33. The van der Waals surface area contributed by atoms with Crippen molar-refractivity contribution in [2.24, 2.45) is 5.92 Å².